The molecule has 2 rings (SSSR count). The van der Waals surface area contributed by atoms with Crippen molar-refractivity contribution >= 4 is 11.9 Å². The van der Waals surface area contributed by atoms with Gasteiger partial charge in [-0.15, -0.1) is 0 Å². The molecule has 4 N–H and O–H groups in total. The van der Waals surface area contributed by atoms with E-state index in [1.807, 2.05) is 12.1 Å². The van der Waals surface area contributed by atoms with Crippen molar-refractivity contribution in [2.45, 2.75) is 37.8 Å². The normalized spacial score (nSPS) is 19.5. The number of nitrogens with one attached hydrogen (secondary N) is 1. The van der Waals surface area contributed by atoms with E-state index < -0.39 is 17.9 Å². The maximum Gasteiger partial charge on any atom is 0.305 e. The molecule has 0 saturated carbocycles. The molecule has 1 heterocycles. The Labute approximate surface area is 111 Å². The molecule has 19 heavy (non-hydrogen) atoms. The first-order valence-electron chi connectivity index (χ1n) is 6.29. The van der Waals surface area contributed by atoms with Gasteiger partial charge in [0.15, 0.2) is 0 Å². The van der Waals surface area contributed by atoms with Gasteiger partial charge in [0.2, 0.25) is 5.91 Å². The first-order chi connectivity index (χ1) is 9.08. The Kier molecular flexibility index (Phi) is 4.11. The fourth-order valence-corrected chi connectivity index (χ4v) is 2.43. The minimum Gasteiger partial charge on any atom is -0.481 e. The van der Waals surface area contributed by atoms with Crippen LogP contribution in [0.2, 0.25) is 0 Å². The number of aryl methyl sites for hydroxylation is 1. The van der Waals surface area contributed by atoms with Crippen molar-refractivity contribution in [2.75, 3.05) is 0 Å². The van der Waals surface area contributed by atoms with Gasteiger partial charge in [0.05, 0.1) is 24.2 Å². The minimum absolute atomic E-state index is 0.109. The molecule has 0 aromatic carbocycles. The molecular weight excluding hydrogens is 246 g/mol. The van der Waals surface area contributed by atoms with Crippen LogP contribution in [0, 0.1) is 0 Å². The van der Waals surface area contributed by atoms with E-state index in [9.17, 15) is 9.59 Å². The smallest absolute Gasteiger partial charge is 0.305 e. The first-order valence-corrected chi connectivity index (χ1v) is 6.29. The van der Waals surface area contributed by atoms with Gasteiger partial charge in [-0.3, -0.25) is 19.9 Å². The van der Waals surface area contributed by atoms with Gasteiger partial charge >= 0.3 is 5.97 Å². The summed E-state index contributed by atoms with van der Waals surface area (Å²) in [6.45, 7) is 0. The van der Waals surface area contributed by atoms with E-state index in [0.29, 0.717) is 0 Å². The first kappa shape index (κ1) is 13.5. The molecule has 6 heteroatoms. The number of nitrogens with two attached hydrogens (primary N) is 1. The number of carboxylic acids is 1. The predicted octanol–water partition coefficient (Wildman–Crippen LogP) is 0.377. The number of aromatic nitrogens is 1. The number of fused-ring (bicyclic) bond motifs is 1. The highest BCUT2D eigenvalue weighted by Gasteiger charge is 2.27. The van der Waals surface area contributed by atoms with E-state index in [0.717, 1.165) is 30.5 Å². The lowest BCUT2D eigenvalue weighted by Gasteiger charge is -2.27. The second-order valence-electron chi connectivity index (χ2n) is 4.71. The van der Waals surface area contributed by atoms with Gasteiger partial charge in [-0.1, -0.05) is 6.07 Å². The molecule has 1 aliphatic carbocycles. The molecule has 6 nitrogen and oxygen atoms in total. The van der Waals surface area contributed by atoms with Crippen molar-refractivity contribution < 1.29 is 14.7 Å². The Morgan fingerprint density at radius 3 is 3.05 bits per heavy atom. The fraction of sp³-hybridized carbons (Fsp3) is 0.462. The van der Waals surface area contributed by atoms with Crippen molar-refractivity contribution in [2.24, 2.45) is 5.73 Å². The number of pyridine rings is 1. The summed E-state index contributed by atoms with van der Waals surface area (Å²) < 4.78 is 0. The van der Waals surface area contributed by atoms with Gasteiger partial charge in [0, 0.05) is 6.20 Å². The number of rotatable bonds is 5. The lowest BCUT2D eigenvalue weighted by molar-refractivity contribution is -0.139. The largest absolute Gasteiger partial charge is 0.481 e. The SMILES string of the molecule is NC(=O)[C@H](CC(=O)O)NC1CCCc2cccnc21. The van der Waals surface area contributed by atoms with Gasteiger partial charge in [-0.05, 0) is 30.9 Å². The molecule has 0 saturated heterocycles. The van der Waals surface area contributed by atoms with Gasteiger partial charge < -0.3 is 10.8 Å². The highest BCUT2D eigenvalue weighted by molar-refractivity contribution is 5.84. The zero-order valence-electron chi connectivity index (χ0n) is 10.5. The highest BCUT2D eigenvalue weighted by atomic mass is 16.4. The maximum absolute atomic E-state index is 11.3. The summed E-state index contributed by atoms with van der Waals surface area (Å²) >= 11 is 0. The van der Waals surface area contributed by atoms with Crippen LogP contribution in [0.4, 0.5) is 0 Å². The van der Waals surface area contributed by atoms with Crippen molar-refractivity contribution in [3.63, 3.8) is 0 Å². The Bertz CT molecular complexity index is 490. The number of carboxylic acid groups (broad SMARTS) is 1. The van der Waals surface area contributed by atoms with E-state index >= 15 is 0 Å². The van der Waals surface area contributed by atoms with Gasteiger partial charge in [-0.25, -0.2) is 0 Å². The van der Waals surface area contributed by atoms with Gasteiger partial charge in [-0.2, -0.15) is 0 Å². The standard InChI is InChI=1S/C13H17N3O3/c14-13(19)10(7-11(17)18)16-9-5-1-3-8-4-2-6-15-12(8)9/h2,4,6,9-10,16H,1,3,5,7H2,(H2,14,19)(H,17,18)/t9?,10-/m0/s1. The van der Waals surface area contributed by atoms with Crippen molar-refractivity contribution in [3.8, 4) is 0 Å². The van der Waals surface area contributed by atoms with Crippen LogP contribution in [0.5, 0.6) is 0 Å². The average molecular weight is 263 g/mol. The number of primary amides is 1. The average Bonchev–Trinajstić information content (AvgIpc) is 2.37. The van der Waals surface area contributed by atoms with Crippen LogP contribution in [0.15, 0.2) is 18.3 Å². The third kappa shape index (κ3) is 3.29. The summed E-state index contributed by atoms with van der Waals surface area (Å²) in [6, 6.07) is 2.91. The molecule has 1 aromatic rings. The molecule has 0 fully saturated rings. The van der Waals surface area contributed by atoms with Crippen LogP contribution in [0.1, 0.15) is 36.6 Å². The molecule has 0 radical (unpaired) electrons. The van der Waals surface area contributed by atoms with E-state index in [4.69, 9.17) is 10.8 Å². The quantitative estimate of drug-likeness (QED) is 0.712. The molecular formula is C13H17N3O3. The third-order valence-electron chi connectivity index (χ3n) is 3.32. The molecule has 1 aliphatic rings. The second-order valence-corrected chi connectivity index (χ2v) is 4.71. The summed E-state index contributed by atoms with van der Waals surface area (Å²) in [7, 11) is 0. The molecule has 0 bridgehead atoms. The Hall–Kier alpha value is -1.95. The fourth-order valence-electron chi connectivity index (χ4n) is 2.43. The summed E-state index contributed by atoms with van der Waals surface area (Å²) in [5, 5.41) is 11.8. The van der Waals surface area contributed by atoms with Crippen LogP contribution in [-0.2, 0) is 16.0 Å². The lowest BCUT2D eigenvalue weighted by Crippen LogP contribution is -2.45. The maximum atomic E-state index is 11.3. The van der Waals surface area contributed by atoms with Crippen LogP contribution in [-0.4, -0.2) is 28.0 Å². The predicted molar refractivity (Wildman–Crippen MR) is 68.3 cm³/mol. The minimum atomic E-state index is -1.05. The van der Waals surface area contributed by atoms with Crippen LogP contribution < -0.4 is 11.1 Å². The van der Waals surface area contributed by atoms with Crippen molar-refractivity contribution in [3.05, 3.63) is 29.6 Å². The van der Waals surface area contributed by atoms with Crippen molar-refractivity contribution in [1.82, 2.24) is 10.3 Å². The Morgan fingerprint density at radius 1 is 1.58 bits per heavy atom. The Morgan fingerprint density at radius 2 is 2.37 bits per heavy atom. The molecule has 1 amide bonds. The lowest BCUT2D eigenvalue weighted by atomic mass is 9.91. The van der Waals surface area contributed by atoms with Crippen LogP contribution in [0.3, 0.4) is 0 Å². The summed E-state index contributed by atoms with van der Waals surface area (Å²) in [4.78, 5) is 26.4. The molecule has 0 aliphatic heterocycles. The monoisotopic (exact) mass is 263 g/mol. The Balaban J connectivity index is 2.14. The number of nitrogens with zero attached hydrogens (tertiary/aromatic N) is 1. The highest BCUT2D eigenvalue weighted by Crippen LogP contribution is 2.28. The topological polar surface area (TPSA) is 105 Å². The van der Waals surface area contributed by atoms with Gasteiger partial charge in [0.25, 0.3) is 0 Å². The summed E-state index contributed by atoms with van der Waals surface area (Å²) in [6.07, 6.45) is 4.16. The number of hydrogen-bond acceptors (Lipinski definition) is 4. The molecule has 1 aromatic heterocycles. The van der Waals surface area contributed by atoms with Crippen LogP contribution >= 0.6 is 0 Å². The van der Waals surface area contributed by atoms with Gasteiger partial charge in [0.1, 0.15) is 0 Å². The van der Waals surface area contributed by atoms with E-state index in [1.54, 1.807) is 6.20 Å². The molecule has 2 atom stereocenters. The zero-order valence-corrected chi connectivity index (χ0v) is 10.5. The summed E-state index contributed by atoms with van der Waals surface area (Å²) in [5.74, 6) is -1.70. The molecule has 102 valence electrons. The van der Waals surface area contributed by atoms with Crippen LogP contribution in [0.25, 0.3) is 0 Å². The molecule has 0 spiro atoms. The number of hydrogen-bond donors (Lipinski definition) is 3. The van der Waals surface area contributed by atoms with E-state index in [-0.39, 0.29) is 12.5 Å². The summed E-state index contributed by atoms with van der Waals surface area (Å²) in [5.41, 5.74) is 7.27. The van der Waals surface area contributed by atoms with Crippen molar-refractivity contribution in [1.29, 1.82) is 0 Å². The number of aliphatic carboxylic acids is 1. The zero-order chi connectivity index (χ0) is 13.8. The van der Waals surface area contributed by atoms with E-state index in [1.165, 1.54) is 0 Å². The second kappa shape index (κ2) is 5.79. The number of carbonyl (C=O) groups is 2. The number of amides is 1. The number of carbonyl (C=O) groups excluding carboxylic acids is 1. The van der Waals surface area contributed by atoms with E-state index in [2.05, 4.69) is 10.3 Å². The molecule has 1 unspecified atom stereocenters. The third-order valence-corrected chi connectivity index (χ3v) is 3.32.